The number of carbonyl (C=O) groups is 6. The second-order valence-corrected chi connectivity index (χ2v) is 12.9. The van der Waals surface area contributed by atoms with Crippen molar-refractivity contribution in [2.45, 2.75) is 75.8 Å². The molecule has 0 fully saturated rings. The molecule has 15 heteroatoms. The van der Waals surface area contributed by atoms with E-state index in [4.69, 9.17) is 23.7 Å². The summed E-state index contributed by atoms with van der Waals surface area (Å²) in [5.41, 5.74) is -2.90. The number of phenols is 2. The molecule has 2 aromatic carbocycles. The van der Waals surface area contributed by atoms with Crippen molar-refractivity contribution in [1.29, 1.82) is 0 Å². The molecule has 270 valence electrons. The Labute approximate surface area is 291 Å². The smallest absolute Gasteiger partial charge is 0.308 e. The van der Waals surface area contributed by atoms with Gasteiger partial charge >= 0.3 is 17.9 Å². The summed E-state index contributed by atoms with van der Waals surface area (Å²) in [5, 5.41) is 34.5. The first-order chi connectivity index (χ1) is 24.1. The van der Waals surface area contributed by atoms with Crippen molar-refractivity contribution in [2.75, 3.05) is 28.4 Å². The van der Waals surface area contributed by atoms with Gasteiger partial charge in [0.05, 0.1) is 87.8 Å². The maximum absolute atomic E-state index is 14.4. The topological polar surface area (TPSA) is 218 Å². The van der Waals surface area contributed by atoms with Crippen molar-refractivity contribution < 1.29 is 72.5 Å². The summed E-state index contributed by atoms with van der Waals surface area (Å²) >= 11 is 0. The minimum atomic E-state index is -1.97. The lowest BCUT2D eigenvalue weighted by atomic mass is 9.73. The van der Waals surface area contributed by atoms with Gasteiger partial charge in [0.2, 0.25) is 5.78 Å². The highest BCUT2D eigenvalue weighted by Crippen LogP contribution is 2.65. The average molecular weight is 709 g/mol. The van der Waals surface area contributed by atoms with Crippen LogP contribution >= 0.6 is 0 Å². The first-order valence-electron chi connectivity index (χ1n) is 16.1. The second-order valence-electron chi connectivity index (χ2n) is 12.9. The van der Waals surface area contributed by atoms with Crippen LogP contribution < -0.4 is 4.74 Å². The number of ether oxygens (including phenoxy) is 6. The van der Waals surface area contributed by atoms with Gasteiger partial charge < -0.3 is 43.7 Å². The summed E-state index contributed by atoms with van der Waals surface area (Å²) < 4.78 is 32.5. The van der Waals surface area contributed by atoms with Crippen LogP contribution in [0.2, 0.25) is 0 Å². The number of aliphatic hydroxyl groups excluding tert-OH is 1. The molecule has 6 rings (SSSR count). The lowest BCUT2D eigenvalue weighted by molar-refractivity contribution is -0.154. The number of ketones is 3. The number of methoxy groups -OCH3 is 4. The molecular formula is C36H36O15. The predicted octanol–water partition coefficient (Wildman–Crippen LogP) is 2.76. The van der Waals surface area contributed by atoms with E-state index in [-0.39, 0.29) is 58.4 Å². The number of fused-ring (bicyclic) bond motifs is 9. The van der Waals surface area contributed by atoms with Crippen LogP contribution in [0.1, 0.15) is 110 Å². The number of allylic oxidation sites excluding steroid dienone is 1. The first-order valence-corrected chi connectivity index (χ1v) is 16.1. The molecule has 0 saturated carbocycles. The van der Waals surface area contributed by atoms with Crippen molar-refractivity contribution >= 4 is 35.3 Å². The van der Waals surface area contributed by atoms with E-state index in [1.807, 2.05) is 0 Å². The van der Waals surface area contributed by atoms with E-state index >= 15 is 0 Å². The third kappa shape index (κ3) is 5.25. The Balaban J connectivity index is 1.61. The quantitative estimate of drug-likeness (QED) is 0.252. The fraction of sp³-hybridized carbons (Fsp3) is 0.444. The summed E-state index contributed by atoms with van der Waals surface area (Å²) in [5.74, 6) is -7.78. The molecule has 4 aliphatic rings. The molecule has 3 N–H and O–H groups in total. The Morgan fingerprint density at radius 3 is 2.24 bits per heavy atom. The average Bonchev–Trinajstić information content (AvgIpc) is 3.37. The van der Waals surface area contributed by atoms with Gasteiger partial charge in [-0.1, -0.05) is 0 Å². The standard InChI is InChI=1S/C36H36O15/c1-13-23-15(7-17(50-13)11-22(40)47-4)8-20-25(31(23)43)30(42)19-12-36(20,51-14(2)37)28-24(19)35(49-6)27-26(32(28)44)29(41)18(34(48-5)33(27)45)9-16(38)10-21(39)46-3/h8,13,16-17,19,38,43-44H,7,9-12H2,1-6H3/t13-,16?,17+,19+,36-/m0/s1. The highest BCUT2D eigenvalue weighted by molar-refractivity contribution is 6.29. The van der Waals surface area contributed by atoms with Crippen LogP contribution in [0.15, 0.2) is 17.4 Å². The van der Waals surface area contributed by atoms with E-state index in [0.717, 1.165) is 21.1 Å². The molecule has 3 aliphatic carbocycles. The molecule has 2 aromatic rings. The monoisotopic (exact) mass is 708 g/mol. The van der Waals surface area contributed by atoms with Gasteiger partial charge in [-0.15, -0.1) is 0 Å². The van der Waals surface area contributed by atoms with Gasteiger partial charge in [0.1, 0.15) is 17.2 Å². The number of carbonyl (C=O) groups excluding carboxylic acids is 6. The number of aliphatic hydroxyl groups is 1. The SMILES string of the molecule is COC(=O)CC(O)CC1=C(OC)C(=O)c2c(OC)c3c(c(O)c2C1=O)[C@]1(OC(C)=O)C[C@H]3C(=O)c2c1cc1c(c2O)[C@H](C)O[C@@H](CC(=O)OC)C1. The molecule has 1 heterocycles. The van der Waals surface area contributed by atoms with Crippen molar-refractivity contribution in [2.24, 2.45) is 0 Å². The first kappa shape index (κ1) is 35.5. The summed E-state index contributed by atoms with van der Waals surface area (Å²) in [6.45, 7) is 2.77. The summed E-state index contributed by atoms with van der Waals surface area (Å²) in [4.78, 5) is 79.6. The number of Topliss-reactive ketones (excluding diaryl/α,β-unsaturated/α-hetero) is 3. The Morgan fingerprint density at radius 1 is 0.941 bits per heavy atom. The van der Waals surface area contributed by atoms with Crippen molar-refractivity contribution in [3.8, 4) is 17.2 Å². The molecule has 1 aliphatic heterocycles. The van der Waals surface area contributed by atoms with E-state index in [9.17, 15) is 44.1 Å². The number of rotatable bonds is 9. The van der Waals surface area contributed by atoms with Crippen molar-refractivity contribution in [3.05, 3.63) is 61.9 Å². The maximum atomic E-state index is 14.4. The molecule has 0 spiro atoms. The fourth-order valence-electron chi connectivity index (χ4n) is 8.11. The highest BCUT2D eigenvalue weighted by Gasteiger charge is 2.61. The molecule has 2 bridgehead atoms. The largest absolute Gasteiger partial charge is 0.507 e. The second kappa shape index (κ2) is 12.8. The van der Waals surface area contributed by atoms with Gasteiger partial charge in [-0.2, -0.15) is 0 Å². The molecule has 15 nitrogen and oxygen atoms in total. The number of aromatic hydroxyl groups is 2. The molecule has 0 radical (unpaired) electrons. The zero-order chi connectivity index (χ0) is 37.3. The van der Waals surface area contributed by atoms with Crippen LogP contribution in [-0.4, -0.2) is 91.2 Å². The maximum Gasteiger partial charge on any atom is 0.308 e. The molecule has 5 atom stereocenters. The molecule has 0 saturated heterocycles. The Bertz CT molecular complexity index is 1970. The lowest BCUT2D eigenvalue weighted by Gasteiger charge is -2.38. The Morgan fingerprint density at radius 2 is 1.63 bits per heavy atom. The van der Waals surface area contributed by atoms with E-state index in [0.29, 0.717) is 5.56 Å². The fourth-order valence-corrected chi connectivity index (χ4v) is 8.11. The van der Waals surface area contributed by atoms with Crippen LogP contribution in [0.25, 0.3) is 0 Å². The van der Waals surface area contributed by atoms with Crippen LogP contribution in [0, 0.1) is 0 Å². The Kier molecular flexibility index (Phi) is 8.92. The number of hydrogen-bond donors (Lipinski definition) is 3. The van der Waals surface area contributed by atoms with E-state index in [1.165, 1.54) is 14.2 Å². The number of benzene rings is 2. The van der Waals surface area contributed by atoms with Gasteiger partial charge in [-0.05, 0) is 25.0 Å². The number of hydrogen-bond acceptors (Lipinski definition) is 15. The molecule has 0 aromatic heterocycles. The number of esters is 3. The van der Waals surface area contributed by atoms with Crippen LogP contribution in [0.3, 0.4) is 0 Å². The summed E-state index contributed by atoms with van der Waals surface area (Å²) in [6, 6.07) is 1.57. The molecular weight excluding hydrogens is 672 g/mol. The molecule has 1 unspecified atom stereocenters. The predicted molar refractivity (Wildman–Crippen MR) is 171 cm³/mol. The molecule has 51 heavy (non-hydrogen) atoms. The van der Waals surface area contributed by atoms with Gasteiger partial charge in [0.15, 0.2) is 22.9 Å². The normalized spacial score (nSPS) is 23.4. The Hall–Kier alpha value is -5.28. The van der Waals surface area contributed by atoms with E-state index in [1.54, 1.807) is 13.0 Å². The highest BCUT2D eigenvalue weighted by atomic mass is 16.6. The lowest BCUT2D eigenvalue weighted by Crippen LogP contribution is -2.38. The van der Waals surface area contributed by atoms with Crippen LogP contribution in [0.5, 0.6) is 17.2 Å². The van der Waals surface area contributed by atoms with Gasteiger partial charge in [-0.3, -0.25) is 28.8 Å². The summed E-state index contributed by atoms with van der Waals surface area (Å²) in [6.07, 6.45) is -4.24. The zero-order valence-corrected chi connectivity index (χ0v) is 28.7. The third-order valence-electron chi connectivity index (χ3n) is 10.0. The van der Waals surface area contributed by atoms with Crippen LogP contribution in [0.4, 0.5) is 0 Å². The third-order valence-corrected chi connectivity index (χ3v) is 10.0. The van der Waals surface area contributed by atoms with Gasteiger partial charge in [0.25, 0.3) is 0 Å². The minimum Gasteiger partial charge on any atom is -0.507 e. The van der Waals surface area contributed by atoms with Gasteiger partial charge in [-0.25, -0.2) is 0 Å². The van der Waals surface area contributed by atoms with E-state index < -0.39 is 106 Å². The minimum absolute atomic E-state index is 0.0211. The van der Waals surface area contributed by atoms with Crippen molar-refractivity contribution in [1.82, 2.24) is 0 Å². The van der Waals surface area contributed by atoms with Gasteiger partial charge in [0, 0.05) is 42.0 Å². The van der Waals surface area contributed by atoms with Crippen LogP contribution in [-0.2, 0) is 50.1 Å². The molecule has 0 amide bonds. The zero-order valence-electron chi connectivity index (χ0n) is 28.7. The number of phenolic OH excluding ortho intramolecular Hbond substituents is 2. The van der Waals surface area contributed by atoms with E-state index in [2.05, 4.69) is 4.74 Å². The summed E-state index contributed by atoms with van der Waals surface area (Å²) in [7, 11) is 4.69. The van der Waals surface area contributed by atoms with Crippen molar-refractivity contribution in [3.63, 3.8) is 0 Å².